The van der Waals surface area contributed by atoms with Crippen LogP contribution in [0.4, 0.5) is 5.82 Å². The minimum atomic E-state index is -0.799. The number of carbonyl (C=O) groups is 1. The zero-order chi connectivity index (χ0) is 27.3. The highest BCUT2D eigenvalue weighted by Gasteiger charge is 2.34. The molecule has 198 valence electrons. The molecule has 2 atom stereocenters. The van der Waals surface area contributed by atoms with Crippen LogP contribution in [0.3, 0.4) is 0 Å². The van der Waals surface area contributed by atoms with E-state index in [1.165, 1.54) is 11.0 Å². The van der Waals surface area contributed by atoms with Gasteiger partial charge in [-0.3, -0.25) is 14.3 Å². The van der Waals surface area contributed by atoms with Crippen LogP contribution >= 0.6 is 0 Å². The molecule has 0 spiro atoms. The maximum Gasteiger partial charge on any atom is 0.284 e. The van der Waals surface area contributed by atoms with Gasteiger partial charge < -0.3 is 25.9 Å². The molecular weight excluding hydrogens is 498 g/mol. The van der Waals surface area contributed by atoms with E-state index in [4.69, 9.17) is 16.2 Å². The number of amides is 1. The van der Waals surface area contributed by atoms with Gasteiger partial charge >= 0.3 is 0 Å². The maximum atomic E-state index is 13.4. The van der Waals surface area contributed by atoms with E-state index in [1.54, 1.807) is 11.6 Å². The molecule has 0 bridgehead atoms. The van der Waals surface area contributed by atoms with Gasteiger partial charge in [0.1, 0.15) is 29.5 Å². The summed E-state index contributed by atoms with van der Waals surface area (Å²) in [5.41, 5.74) is 15.5. The molecule has 1 aliphatic heterocycles. The minimum Gasteiger partial charge on any atom is -0.392 e. The van der Waals surface area contributed by atoms with Gasteiger partial charge in [0.2, 0.25) is 0 Å². The lowest BCUT2D eigenvalue weighted by Crippen LogP contribution is -2.28. The van der Waals surface area contributed by atoms with E-state index in [0.717, 1.165) is 16.7 Å². The normalized spacial score (nSPS) is 15.8. The van der Waals surface area contributed by atoms with Gasteiger partial charge in [0.15, 0.2) is 0 Å². The van der Waals surface area contributed by atoms with Gasteiger partial charge in [0, 0.05) is 18.3 Å². The lowest BCUT2D eigenvalue weighted by Gasteiger charge is -2.27. The van der Waals surface area contributed by atoms with E-state index >= 15 is 0 Å². The predicted octanol–water partition coefficient (Wildman–Crippen LogP) is 2.23. The summed E-state index contributed by atoms with van der Waals surface area (Å²) in [7, 11) is 0. The number of nitrogens with zero attached hydrogens (tertiary/aromatic N) is 5. The maximum absolute atomic E-state index is 13.4. The predicted molar refractivity (Wildman–Crippen MR) is 145 cm³/mol. The van der Waals surface area contributed by atoms with Crippen molar-refractivity contribution in [3.05, 3.63) is 94.3 Å². The fourth-order valence-electron chi connectivity index (χ4n) is 5.32. The summed E-state index contributed by atoms with van der Waals surface area (Å²) in [5, 5.41) is 10.7. The molecule has 0 aliphatic carbocycles. The van der Waals surface area contributed by atoms with Crippen LogP contribution in [0.15, 0.2) is 71.9 Å². The van der Waals surface area contributed by atoms with Crippen LogP contribution in [0.2, 0.25) is 0 Å². The highest BCUT2D eigenvalue weighted by Crippen LogP contribution is 2.36. The van der Waals surface area contributed by atoms with Crippen molar-refractivity contribution in [1.82, 2.24) is 23.9 Å². The molecule has 0 saturated carbocycles. The highest BCUT2D eigenvalue weighted by atomic mass is 16.5. The van der Waals surface area contributed by atoms with Gasteiger partial charge in [-0.25, -0.2) is 14.6 Å². The van der Waals surface area contributed by atoms with E-state index in [1.807, 2.05) is 65.4 Å². The molecule has 2 aromatic carbocycles. The number of nitrogen functional groups attached to an aromatic ring is 1. The highest BCUT2D eigenvalue weighted by molar-refractivity contribution is 6.00. The minimum absolute atomic E-state index is 0.0845. The number of hydrogen-bond acceptors (Lipinski definition) is 7. The average Bonchev–Trinajstić information content (AvgIpc) is 3.44. The van der Waals surface area contributed by atoms with Crippen molar-refractivity contribution >= 4 is 22.8 Å². The van der Waals surface area contributed by atoms with Crippen LogP contribution in [0.1, 0.15) is 34.6 Å². The first-order valence-corrected chi connectivity index (χ1v) is 12.6. The molecular formula is C28H27N7O4. The molecule has 3 aromatic heterocycles. The van der Waals surface area contributed by atoms with Crippen molar-refractivity contribution in [2.75, 3.05) is 12.3 Å². The van der Waals surface area contributed by atoms with E-state index in [-0.39, 0.29) is 5.56 Å². The van der Waals surface area contributed by atoms with Crippen molar-refractivity contribution in [2.45, 2.75) is 32.2 Å². The molecule has 1 amide bonds. The number of anilines is 1. The van der Waals surface area contributed by atoms with Crippen molar-refractivity contribution in [3.8, 4) is 16.8 Å². The summed E-state index contributed by atoms with van der Waals surface area (Å²) in [6, 6.07) is 16.8. The zero-order valence-electron chi connectivity index (χ0n) is 21.2. The average molecular weight is 526 g/mol. The van der Waals surface area contributed by atoms with Crippen LogP contribution in [-0.4, -0.2) is 47.6 Å². The van der Waals surface area contributed by atoms with E-state index in [9.17, 15) is 14.7 Å². The lowest BCUT2D eigenvalue weighted by molar-refractivity contribution is 0.0390. The number of aliphatic hydroxyl groups is 1. The molecule has 4 heterocycles. The van der Waals surface area contributed by atoms with Crippen molar-refractivity contribution in [3.63, 3.8) is 0 Å². The van der Waals surface area contributed by atoms with Gasteiger partial charge in [-0.2, -0.15) is 0 Å². The molecule has 11 heteroatoms. The molecule has 5 N–H and O–H groups in total. The van der Waals surface area contributed by atoms with E-state index in [0.29, 0.717) is 47.9 Å². The number of carbonyl (C=O) groups excluding carboxylic acids is 1. The first-order chi connectivity index (χ1) is 18.8. The molecule has 1 aliphatic rings. The quantitative estimate of drug-likeness (QED) is 0.307. The van der Waals surface area contributed by atoms with Crippen molar-refractivity contribution < 1.29 is 14.6 Å². The molecule has 0 radical (unpaired) electrons. The van der Waals surface area contributed by atoms with Crippen LogP contribution in [0.25, 0.3) is 27.8 Å². The molecule has 0 fully saturated rings. The SMILES string of the molecule is CC(O)Cn1cc(-c2ccc(C3OCCn4c3c(C(N)=O)c(=O)n4-c3ccccc3)cc2)c2c(N)ncnc21. The lowest BCUT2D eigenvalue weighted by atomic mass is 9.98. The number of para-hydroxylation sites is 1. The summed E-state index contributed by atoms with van der Waals surface area (Å²) in [6.45, 7) is 2.80. The number of primary amides is 1. The number of benzene rings is 2. The molecule has 2 unspecified atom stereocenters. The van der Waals surface area contributed by atoms with Gasteiger partial charge in [0.25, 0.3) is 11.5 Å². The van der Waals surface area contributed by atoms with Crippen LogP contribution in [0.5, 0.6) is 0 Å². The second kappa shape index (κ2) is 9.53. The Bertz CT molecular complexity index is 1750. The summed E-state index contributed by atoms with van der Waals surface area (Å²) in [5.74, 6) is -0.455. The first-order valence-electron chi connectivity index (χ1n) is 12.6. The summed E-state index contributed by atoms with van der Waals surface area (Å²) in [4.78, 5) is 34.4. The summed E-state index contributed by atoms with van der Waals surface area (Å²) in [6.07, 6.45) is 2.06. The Balaban J connectivity index is 1.45. The third-order valence-corrected chi connectivity index (χ3v) is 6.93. The summed E-state index contributed by atoms with van der Waals surface area (Å²) < 4.78 is 11.2. The zero-order valence-corrected chi connectivity index (χ0v) is 21.2. The van der Waals surface area contributed by atoms with Gasteiger partial charge in [-0.05, 0) is 30.2 Å². The second-order valence-electron chi connectivity index (χ2n) is 9.57. The topological polar surface area (TPSA) is 156 Å². The van der Waals surface area contributed by atoms with Crippen molar-refractivity contribution in [2.24, 2.45) is 5.73 Å². The van der Waals surface area contributed by atoms with Crippen LogP contribution in [-0.2, 0) is 17.8 Å². The summed E-state index contributed by atoms with van der Waals surface area (Å²) >= 11 is 0. The van der Waals surface area contributed by atoms with Crippen LogP contribution < -0.4 is 17.0 Å². The number of fused-ring (bicyclic) bond motifs is 2. The van der Waals surface area contributed by atoms with Gasteiger partial charge in [-0.15, -0.1) is 0 Å². The number of nitrogens with two attached hydrogens (primary N) is 2. The number of ether oxygens (including phenoxy) is 1. The number of rotatable bonds is 6. The van der Waals surface area contributed by atoms with Crippen molar-refractivity contribution in [1.29, 1.82) is 0 Å². The third kappa shape index (κ3) is 4.08. The number of aliphatic hydroxyl groups excluding tert-OH is 1. The van der Waals surface area contributed by atoms with E-state index < -0.39 is 23.7 Å². The van der Waals surface area contributed by atoms with Crippen LogP contribution in [0, 0.1) is 0 Å². The number of aromatic nitrogens is 5. The smallest absolute Gasteiger partial charge is 0.284 e. The fraction of sp³-hybridized carbons (Fsp3) is 0.214. The first kappa shape index (κ1) is 24.6. The Morgan fingerprint density at radius 2 is 1.90 bits per heavy atom. The molecule has 6 rings (SSSR count). The second-order valence-corrected chi connectivity index (χ2v) is 9.57. The largest absolute Gasteiger partial charge is 0.392 e. The Kier molecular flexibility index (Phi) is 6.01. The third-order valence-electron chi connectivity index (χ3n) is 6.93. The Hall–Kier alpha value is -4.74. The Morgan fingerprint density at radius 1 is 1.15 bits per heavy atom. The monoisotopic (exact) mass is 525 g/mol. The van der Waals surface area contributed by atoms with Gasteiger partial charge in [-0.1, -0.05) is 42.5 Å². The number of hydrogen-bond donors (Lipinski definition) is 3. The molecule has 0 saturated heterocycles. The standard InChI is InChI=1S/C28H27N7O4/c1-16(36)13-33-14-20(21-25(29)31-15-32-27(21)33)17-7-9-18(10-8-17)24-23-22(26(30)37)28(38)35(34(23)11-12-39-24)19-5-3-2-4-6-19/h2-10,14-16,24,36H,11-13H2,1H3,(H2,30,37)(H2,29,31,32). The molecule has 39 heavy (non-hydrogen) atoms. The molecule has 5 aromatic rings. The van der Waals surface area contributed by atoms with E-state index in [2.05, 4.69) is 9.97 Å². The van der Waals surface area contributed by atoms with Gasteiger partial charge in [0.05, 0.1) is 36.0 Å². The Labute approximate surface area is 222 Å². The fourth-order valence-corrected chi connectivity index (χ4v) is 5.32. The Morgan fingerprint density at radius 3 is 2.59 bits per heavy atom. The molecule has 11 nitrogen and oxygen atoms in total.